The van der Waals surface area contributed by atoms with Crippen LogP contribution in [0.2, 0.25) is 0 Å². The van der Waals surface area contributed by atoms with E-state index in [1.165, 1.54) is 13.8 Å². The van der Waals surface area contributed by atoms with Gasteiger partial charge in [0.05, 0.1) is 6.61 Å². The van der Waals surface area contributed by atoms with Gasteiger partial charge in [-0.2, -0.15) is 0 Å². The van der Waals surface area contributed by atoms with E-state index in [9.17, 15) is 9.18 Å². The fourth-order valence-electron chi connectivity index (χ4n) is 1.03. The molecule has 13 heavy (non-hydrogen) atoms. The number of ether oxygens (including phenoxy) is 1. The molecule has 0 fully saturated rings. The topological polar surface area (TPSA) is 38.3 Å². The number of hydrogen-bond donors (Lipinski definition) is 1. The minimum atomic E-state index is -1.36. The van der Waals surface area contributed by atoms with Crippen molar-refractivity contribution in [2.24, 2.45) is 0 Å². The van der Waals surface area contributed by atoms with Gasteiger partial charge in [0.15, 0.2) is 0 Å². The van der Waals surface area contributed by atoms with Gasteiger partial charge in [-0.1, -0.05) is 0 Å². The molecule has 0 unspecified atom stereocenters. The van der Waals surface area contributed by atoms with Crippen LogP contribution in [0.25, 0.3) is 0 Å². The Bertz CT molecular complexity index is 165. The maximum Gasteiger partial charge on any atom is 0.323 e. The molecule has 1 atom stereocenters. The summed E-state index contributed by atoms with van der Waals surface area (Å²) in [6.45, 7) is 4.93. The van der Waals surface area contributed by atoms with Crippen LogP contribution >= 0.6 is 0 Å². The second-order valence-corrected chi connectivity index (χ2v) is 3.52. The molecule has 0 aliphatic carbocycles. The van der Waals surface area contributed by atoms with Gasteiger partial charge in [0.2, 0.25) is 0 Å². The first-order valence-corrected chi connectivity index (χ1v) is 4.43. The summed E-state index contributed by atoms with van der Waals surface area (Å²) >= 11 is 0. The van der Waals surface area contributed by atoms with Gasteiger partial charge in [0, 0.05) is 6.42 Å². The average Bonchev–Trinajstić information content (AvgIpc) is 1.99. The minimum Gasteiger partial charge on any atom is -0.465 e. The first-order chi connectivity index (χ1) is 5.90. The van der Waals surface area contributed by atoms with Crippen LogP contribution in [0.5, 0.6) is 0 Å². The van der Waals surface area contributed by atoms with Gasteiger partial charge in [-0.3, -0.25) is 4.79 Å². The Labute approximate surface area is 78.6 Å². The lowest BCUT2D eigenvalue weighted by Gasteiger charge is -2.20. The van der Waals surface area contributed by atoms with Crippen molar-refractivity contribution in [1.82, 2.24) is 5.32 Å². The van der Waals surface area contributed by atoms with Crippen LogP contribution in [-0.4, -0.2) is 31.3 Å². The molecule has 1 N–H and O–H groups in total. The van der Waals surface area contributed by atoms with E-state index in [1.807, 2.05) is 0 Å². The lowest BCUT2D eigenvalue weighted by Crippen LogP contribution is -2.40. The SMILES string of the molecule is CCOC(=O)[C@H](CC(C)(C)F)NC. The number of alkyl halides is 1. The fraction of sp³-hybridized carbons (Fsp3) is 0.889. The van der Waals surface area contributed by atoms with Crippen molar-refractivity contribution >= 4 is 5.97 Å². The van der Waals surface area contributed by atoms with E-state index in [0.29, 0.717) is 6.61 Å². The predicted octanol–water partition coefficient (Wildman–Crippen LogP) is 1.28. The molecular weight excluding hydrogens is 173 g/mol. The number of rotatable bonds is 5. The monoisotopic (exact) mass is 191 g/mol. The third-order valence-corrected chi connectivity index (χ3v) is 1.61. The van der Waals surface area contributed by atoms with Gasteiger partial charge in [-0.15, -0.1) is 0 Å². The maximum absolute atomic E-state index is 13.2. The van der Waals surface area contributed by atoms with E-state index in [1.54, 1.807) is 14.0 Å². The van der Waals surface area contributed by atoms with Crippen LogP contribution in [0.4, 0.5) is 4.39 Å². The van der Waals surface area contributed by atoms with Gasteiger partial charge in [0.1, 0.15) is 11.7 Å². The van der Waals surface area contributed by atoms with Crippen LogP contribution in [-0.2, 0) is 9.53 Å². The molecule has 0 aromatic rings. The molecule has 0 heterocycles. The van der Waals surface area contributed by atoms with Crippen molar-refractivity contribution in [3.63, 3.8) is 0 Å². The third kappa shape index (κ3) is 5.58. The molecule has 0 aliphatic rings. The van der Waals surface area contributed by atoms with E-state index >= 15 is 0 Å². The van der Waals surface area contributed by atoms with E-state index in [-0.39, 0.29) is 6.42 Å². The largest absolute Gasteiger partial charge is 0.465 e. The van der Waals surface area contributed by atoms with E-state index in [0.717, 1.165) is 0 Å². The van der Waals surface area contributed by atoms with Crippen molar-refractivity contribution in [2.45, 2.75) is 38.9 Å². The first-order valence-electron chi connectivity index (χ1n) is 4.43. The Morgan fingerprint density at radius 3 is 2.46 bits per heavy atom. The molecule has 0 spiro atoms. The quantitative estimate of drug-likeness (QED) is 0.665. The maximum atomic E-state index is 13.2. The van der Waals surface area contributed by atoms with Crippen LogP contribution in [0.3, 0.4) is 0 Å². The van der Waals surface area contributed by atoms with Crippen LogP contribution in [0.1, 0.15) is 27.2 Å². The summed E-state index contributed by atoms with van der Waals surface area (Å²) in [7, 11) is 1.62. The molecule has 0 rings (SSSR count). The van der Waals surface area contributed by atoms with E-state index in [2.05, 4.69) is 5.32 Å². The Kier molecular flexibility index (Phi) is 4.91. The highest BCUT2D eigenvalue weighted by Crippen LogP contribution is 2.16. The number of esters is 1. The lowest BCUT2D eigenvalue weighted by molar-refractivity contribution is -0.146. The molecule has 3 nitrogen and oxygen atoms in total. The van der Waals surface area contributed by atoms with Crippen molar-refractivity contribution in [3.05, 3.63) is 0 Å². The van der Waals surface area contributed by atoms with E-state index in [4.69, 9.17) is 4.74 Å². The molecule has 0 saturated carbocycles. The molecule has 4 heteroatoms. The first kappa shape index (κ1) is 12.4. The van der Waals surface area contributed by atoms with Crippen molar-refractivity contribution < 1.29 is 13.9 Å². The number of carbonyl (C=O) groups is 1. The molecular formula is C9H18FNO2. The summed E-state index contributed by atoms with van der Waals surface area (Å²) in [5, 5.41) is 2.73. The summed E-state index contributed by atoms with van der Waals surface area (Å²) < 4.78 is 18.0. The number of hydrogen-bond acceptors (Lipinski definition) is 3. The zero-order chi connectivity index (χ0) is 10.5. The van der Waals surface area contributed by atoms with Gasteiger partial charge in [0.25, 0.3) is 0 Å². The normalized spacial score (nSPS) is 13.9. The van der Waals surface area contributed by atoms with Gasteiger partial charge in [-0.25, -0.2) is 4.39 Å². The molecule has 0 aromatic carbocycles. The van der Waals surface area contributed by atoms with Gasteiger partial charge < -0.3 is 10.1 Å². The average molecular weight is 191 g/mol. The fourth-order valence-corrected chi connectivity index (χ4v) is 1.03. The van der Waals surface area contributed by atoms with Crippen molar-refractivity contribution in [3.8, 4) is 0 Å². The number of halogens is 1. The molecule has 0 aromatic heterocycles. The second-order valence-electron chi connectivity index (χ2n) is 3.52. The minimum absolute atomic E-state index is 0.127. The highest BCUT2D eigenvalue weighted by atomic mass is 19.1. The lowest BCUT2D eigenvalue weighted by atomic mass is 10.0. The molecule has 0 bridgehead atoms. The van der Waals surface area contributed by atoms with Gasteiger partial charge >= 0.3 is 5.97 Å². The Morgan fingerprint density at radius 1 is 1.62 bits per heavy atom. The molecule has 0 saturated heterocycles. The Morgan fingerprint density at radius 2 is 2.15 bits per heavy atom. The van der Waals surface area contributed by atoms with Crippen LogP contribution in [0, 0.1) is 0 Å². The predicted molar refractivity (Wildman–Crippen MR) is 49.3 cm³/mol. The summed E-state index contributed by atoms with van der Waals surface area (Å²) in [5.74, 6) is -0.393. The highest BCUT2D eigenvalue weighted by molar-refractivity contribution is 5.75. The Hall–Kier alpha value is -0.640. The summed E-state index contributed by atoms with van der Waals surface area (Å²) in [5.41, 5.74) is -1.36. The van der Waals surface area contributed by atoms with Crippen LogP contribution < -0.4 is 5.32 Å². The van der Waals surface area contributed by atoms with Crippen LogP contribution in [0.15, 0.2) is 0 Å². The second kappa shape index (κ2) is 5.17. The molecule has 0 radical (unpaired) electrons. The standard InChI is InChI=1S/C9H18FNO2/c1-5-13-8(12)7(11-4)6-9(2,3)10/h7,11H,5-6H2,1-4H3/t7-/m0/s1. The summed E-state index contributed by atoms with van der Waals surface area (Å²) in [4.78, 5) is 11.2. The third-order valence-electron chi connectivity index (χ3n) is 1.61. The number of likely N-dealkylation sites (N-methyl/N-ethyl adjacent to an activating group) is 1. The number of nitrogens with one attached hydrogen (secondary N) is 1. The van der Waals surface area contributed by atoms with Crippen molar-refractivity contribution in [1.29, 1.82) is 0 Å². The smallest absolute Gasteiger partial charge is 0.323 e. The highest BCUT2D eigenvalue weighted by Gasteiger charge is 2.27. The zero-order valence-electron chi connectivity index (χ0n) is 8.69. The summed E-state index contributed by atoms with van der Waals surface area (Å²) in [6.07, 6.45) is 0.127. The molecule has 78 valence electrons. The summed E-state index contributed by atoms with van der Waals surface area (Å²) in [6, 6.07) is -0.556. The van der Waals surface area contributed by atoms with E-state index < -0.39 is 17.7 Å². The zero-order valence-corrected chi connectivity index (χ0v) is 8.69. The molecule has 0 amide bonds. The Balaban J connectivity index is 4.10. The van der Waals surface area contributed by atoms with Gasteiger partial charge in [-0.05, 0) is 27.8 Å². The molecule has 0 aliphatic heterocycles. The van der Waals surface area contributed by atoms with Crippen molar-refractivity contribution in [2.75, 3.05) is 13.7 Å². The number of carbonyl (C=O) groups excluding carboxylic acids is 1.